The van der Waals surface area contributed by atoms with Crippen LogP contribution in [0.4, 0.5) is 0 Å². The van der Waals surface area contributed by atoms with E-state index in [4.69, 9.17) is 4.74 Å². The summed E-state index contributed by atoms with van der Waals surface area (Å²) in [7, 11) is 0. The number of hydrogen-bond donors (Lipinski definition) is 1. The molecule has 2 heterocycles. The minimum atomic E-state index is -0.345. The van der Waals surface area contributed by atoms with Crippen molar-refractivity contribution in [3.8, 4) is 6.07 Å². The number of ether oxygens (including phenoxy) is 1. The fourth-order valence-corrected chi connectivity index (χ4v) is 3.89. The molecule has 2 fully saturated rings. The van der Waals surface area contributed by atoms with E-state index >= 15 is 0 Å². The van der Waals surface area contributed by atoms with Crippen molar-refractivity contribution >= 4 is 0 Å². The molecule has 0 saturated carbocycles. The van der Waals surface area contributed by atoms with Crippen molar-refractivity contribution in [2.75, 3.05) is 26.3 Å². The van der Waals surface area contributed by atoms with Gasteiger partial charge in [-0.15, -0.1) is 0 Å². The van der Waals surface area contributed by atoms with E-state index < -0.39 is 0 Å². The zero-order valence-corrected chi connectivity index (χ0v) is 12.0. The lowest BCUT2D eigenvalue weighted by Crippen LogP contribution is -2.68. The van der Waals surface area contributed by atoms with Crippen molar-refractivity contribution in [3.05, 3.63) is 0 Å². The van der Waals surface area contributed by atoms with Gasteiger partial charge in [0.15, 0.2) is 0 Å². The van der Waals surface area contributed by atoms with Crippen LogP contribution in [0.5, 0.6) is 0 Å². The number of nitrogens with one attached hydrogen (secondary N) is 1. The Labute approximate surface area is 110 Å². The second-order valence-electron chi connectivity index (χ2n) is 6.99. The fraction of sp³-hybridized carbons (Fsp3) is 0.929. The largest absolute Gasteiger partial charge is 0.379 e. The van der Waals surface area contributed by atoms with Crippen LogP contribution in [0.15, 0.2) is 0 Å². The van der Waals surface area contributed by atoms with E-state index in [-0.39, 0.29) is 16.6 Å². The maximum atomic E-state index is 9.80. The van der Waals surface area contributed by atoms with Gasteiger partial charge in [-0.3, -0.25) is 4.90 Å². The molecule has 2 rings (SSSR count). The molecule has 0 atom stereocenters. The molecule has 0 bridgehead atoms. The normalized spacial score (nSPS) is 30.6. The average molecular weight is 251 g/mol. The van der Waals surface area contributed by atoms with Crippen LogP contribution in [-0.4, -0.2) is 47.8 Å². The first-order valence-electron chi connectivity index (χ1n) is 6.82. The summed E-state index contributed by atoms with van der Waals surface area (Å²) in [4.78, 5) is 2.33. The zero-order chi connectivity index (χ0) is 13.4. The SMILES string of the molecule is CC1(C)CC(C#N)(N2CCOCC2)CC(C)(C)N1. The summed E-state index contributed by atoms with van der Waals surface area (Å²) >= 11 is 0. The Morgan fingerprint density at radius 3 is 2.00 bits per heavy atom. The molecule has 0 radical (unpaired) electrons. The van der Waals surface area contributed by atoms with Gasteiger partial charge < -0.3 is 10.1 Å². The molecule has 2 saturated heterocycles. The van der Waals surface area contributed by atoms with Crippen LogP contribution in [0.3, 0.4) is 0 Å². The summed E-state index contributed by atoms with van der Waals surface area (Å²) in [5.41, 5.74) is -0.354. The topological polar surface area (TPSA) is 48.3 Å². The average Bonchev–Trinajstić information content (AvgIpc) is 2.26. The highest BCUT2D eigenvalue weighted by Crippen LogP contribution is 2.39. The Balaban J connectivity index is 2.27. The van der Waals surface area contributed by atoms with Gasteiger partial charge in [-0.1, -0.05) is 0 Å². The van der Waals surface area contributed by atoms with Crippen LogP contribution >= 0.6 is 0 Å². The molecule has 1 N–H and O–H groups in total. The van der Waals surface area contributed by atoms with Crippen molar-refractivity contribution in [3.63, 3.8) is 0 Å². The van der Waals surface area contributed by atoms with Crippen LogP contribution in [-0.2, 0) is 4.74 Å². The van der Waals surface area contributed by atoms with Gasteiger partial charge >= 0.3 is 0 Å². The first kappa shape index (κ1) is 13.8. The third-order valence-corrected chi connectivity index (χ3v) is 3.97. The van der Waals surface area contributed by atoms with Crippen molar-refractivity contribution in [2.24, 2.45) is 0 Å². The molecule has 2 aliphatic heterocycles. The molecule has 2 aliphatic rings. The van der Waals surface area contributed by atoms with Crippen molar-refractivity contribution in [1.82, 2.24) is 10.2 Å². The lowest BCUT2D eigenvalue weighted by atomic mass is 9.70. The highest BCUT2D eigenvalue weighted by molar-refractivity contribution is 5.19. The molecule has 0 aromatic carbocycles. The van der Waals surface area contributed by atoms with E-state index in [1.165, 1.54) is 0 Å². The quantitative estimate of drug-likeness (QED) is 0.767. The third-order valence-electron chi connectivity index (χ3n) is 3.97. The molecule has 4 nitrogen and oxygen atoms in total. The molecule has 0 aliphatic carbocycles. The minimum Gasteiger partial charge on any atom is -0.379 e. The summed E-state index contributed by atoms with van der Waals surface area (Å²) in [5, 5.41) is 13.4. The molecule has 0 unspecified atom stereocenters. The third kappa shape index (κ3) is 2.69. The molecule has 0 aromatic rings. The molecule has 18 heavy (non-hydrogen) atoms. The molecular formula is C14H25N3O. The number of rotatable bonds is 1. The van der Waals surface area contributed by atoms with E-state index in [1.807, 2.05) is 0 Å². The lowest BCUT2D eigenvalue weighted by molar-refractivity contribution is -0.0420. The van der Waals surface area contributed by atoms with E-state index in [2.05, 4.69) is 44.0 Å². The Morgan fingerprint density at radius 1 is 1.06 bits per heavy atom. The van der Waals surface area contributed by atoms with E-state index in [9.17, 15) is 5.26 Å². The number of hydrogen-bond acceptors (Lipinski definition) is 4. The van der Waals surface area contributed by atoms with Gasteiger partial charge in [-0.05, 0) is 40.5 Å². The van der Waals surface area contributed by atoms with Crippen molar-refractivity contribution in [2.45, 2.75) is 57.2 Å². The standard InChI is InChI=1S/C14H25N3O/c1-12(2)9-14(11-15,10-13(3,4)16-12)17-5-7-18-8-6-17/h16H,5-10H2,1-4H3. The van der Waals surface area contributed by atoms with Crippen LogP contribution in [0.1, 0.15) is 40.5 Å². The Kier molecular flexibility index (Phi) is 3.44. The predicted molar refractivity (Wildman–Crippen MR) is 71.3 cm³/mol. The first-order valence-corrected chi connectivity index (χ1v) is 6.82. The maximum absolute atomic E-state index is 9.80. The number of nitrogens with zero attached hydrogens (tertiary/aromatic N) is 2. The van der Waals surface area contributed by atoms with E-state index in [0.29, 0.717) is 0 Å². The van der Waals surface area contributed by atoms with Crippen LogP contribution in [0, 0.1) is 11.3 Å². The maximum Gasteiger partial charge on any atom is 0.112 e. The summed E-state index contributed by atoms with van der Waals surface area (Å²) in [6, 6.07) is 2.63. The monoisotopic (exact) mass is 251 g/mol. The van der Waals surface area contributed by atoms with Crippen LogP contribution in [0.2, 0.25) is 0 Å². The second kappa shape index (κ2) is 4.48. The van der Waals surface area contributed by atoms with E-state index in [0.717, 1.165) is 39.1 Å². The minimum absolute atomic E-state index is 0.00418. The van der Waals surface area contributed by atoms with Crippen LogP contribution < -0.4 is 5.32 Å². The number of piperidine rings is 1. The summed E-state index contributed by atoms with van der Waals surface area (Å²) in [6.07, 6.45) is 1.75. The predicted octanol–water partition coefficient (Wildman–Crippen LogP) is 1.52. The van der Waals surface area contributed by atoms with Gasteiger partial charge in [-0.25, -0.2) is 0 Å². The molecular weight excluding hydrogens is 226 g/mol. The fourth-order valence-electron chi connectivity index (χ4n) is 3.89. The van der Waals surface area contributed by atoms with Gasteiger partial charge in [0, 0.05) is 24.2 Å². The van der Waals surface area contributed by atoms with Crippen molar-refractivity contribution in [1.29, 1.82) is 5.26 Å². The van der Waals surface area contributed by atoms with Gasteiger partial charge in [0.2, 0.25) is 0 Å². The molecule has 4 heteroatoms. The van der Waals surface area contributed by atoms with Gasteiger partial charge in [0.25, 0.3) is 0 Å². The molecule has 102 valence electrons. The summed E-state index contributed by atoms with van der Waals surface area (Å²) in [6.45, 7) is 12.0. The number of nitriles is 1. The van der Waals surface area contributed by atoms with Crippen LogP contribution in [0.25, 0.3) is 0 Å². The molecule has 0 amide bonds. The van der Waals surface area contributed by atoms with E-state index in [1.54, 1.807) is 0 Å². The summed E-state index contributed by atoms with van der Waals surface area (Å²) in [5.74, 6) is 0. The first-order chi connectivity index (χ1) is 8.29. The van der Waals surface area contributed by atoms with Crippen molar-refractivity contribution < 1.29 is 4.74 Å². The highest BCUT2D eigenvalue weighted by Gasteiger charge is 2.50. The Morgan fingerprint density at radius 2 is 1.56 bits per heavy atom. The Hall–Kier alpha value is -0.630. The smallest absolute Gasteiger partial charge is 0.112 e. The zero-order valence-electron chi connectivity index (χ0n) is 12.0. The van der Waals surface area contributed by atoms with Gasteiger partial charge in [0.05, 0.1) is 19.3 Å². The lowest BCUT2D eigenvalue weighted by Gasteiger charge is -2.54. The number of morpholine rings is 1. The van der Waals surface area contributed by atoms with Gasteiger partial charge in [0.1, 0.15) is 5.54 Å². The Bertz CT molecular complexity index is 335. The van der Waals surface area contributed by atoms with Gasteiger partial charge in [-0.2, -0.15) is 5.26 Å². The molecule has 0 spiro atoms. The molecule has 0 aromatic heterocycles. The second-order valence-corrected chi connectivity index (χ2v) is 6.99. The summed E-state index contributed by atoms with van der Waals surface area (Å²) < 4.78 is 5.42. The highest BCUT2D eigenvalue weighted by atomic mass is 16.5.